The van der Waals surface area contributed by atoms with Crippen molar-refractivity contribution in [2.75, 3.05) is 11.1 Å². The molecule has 0 radical (unpaired) electrons. The van der Waals surface area contributed by atoms with Crippen molar-refractivity contribution >= 4 is 29.3 Å². The van der Waals surface area contributed by atoms with E-state index in [0.717, 1.165) is 47.7 Å². The third-order valence-corrected chi connectivity index (χ3v) is 6.92. The normalized spacial score (nSPS) is 17.8. The number of rotatable bonds is 4. The molecule has 5 rings (SSSR count). The molecule has 2 aliphatic rings. The highest BCUT2D eigenvalue weighted by Crippen LogP contribution is 2.33. The lowest BCUT2D eigenvalue weighted by Crippen LogP contribution is -2.31. The third-order valence-electron chi connectivity index (χ3n) is 5.85. The highest BCUT2D eigenvalue weighted by molar-refractivity contribution is 7.99. The van der Waals surface area contributed by atoms with Gasteiger partial charge in [0.15, 0.2) is 0 Å². The van der Waals surface area contributed by atoms with Gasteiger partial charge < -0.3 is 10.6 Å². The van der Waals surface area contributed by atoms with E-state index in [9.17, 15) is 9.59 Å². The van der Waals surface area contributed by atoms with E-state index in [1.807, 2.05) is 36.5 Å². The number of aromatic nitrogens is 2. The maximum Gasteiger partial charge on any atom is 0.251 e. The SMILES string of the molecule is O=C1CCSc2ccc(C(=O)NC3CCCc4c3cnn4Cc3ccccc3)cc2N1. The molecular formula is C24H24N4O2S. The van der Waals surface area contributed by atoms with Gasteiger partial charge in [-0.2, -0.15) is 5.10 Å². The molecule has 1 unspecified atom stereocenters. The average molecular weight is 433 g/mol. The summed E-state index contributed by atoms with van der Waals surface area (Å²) in [7, 11) is 0. The van der Waals surface area contributed by atoms with Gasteiger partial charge in [0.05, 0.1) is 24.5 Å². The largest absolute Gasteiger partial charge is 0.345 e. The van der Waals surface area contributed by atoms with Crippen molar-refractivity contribution in [1.29, 1.82) is 0 Å². The van der Waals surface area contributed by atoms with Crippen LogP contribution in [0.3, 0.4) is 0 Å². The Morgan fingerprint density at radius 3 is 2.94 bits per heavy atom. The maximum atomic E-state index is 13.0. The fraction of sp³-hybridized carbons (Fsp3) is 0.292. The van der Waals surface area contributed by atoms with Crippen molar-refractivity contribution in [2.24, 2.45) is 0 Å². The first-order chi connectivity index (χ1) is 15.2. The molecule has 0 bridgehead atoms. The molecule has 0 saturated heterocycles. The molecule has 1 atom stereocenters. The molecule has 6 nitrogen and oxygen atoms in total. The lowest BCUT2D eigenvalue weighted by Gasteiger charge is -2.24. The van der Waals surface area contributed by atoms with Crippen LogP contribution >= 0.6 is 11.8 Å². The van der Waals surface area contributed by atoms with E-state index in [4.69, 9.17) is 0 Å². The van der Waals surface area contributed by atoms with Crippen molar-refractivity contribution in [1.82, 2.24) is 15.1 Å². The zero-order valence-corrected chi connectivity index (χ0v) is 18.0. The smallest absolute Gasteiger partial charge is 0.251 e. The quantitative estimate of drug-likeness (QED) is 0.649. The first-order valence-electron chi connectivity index (χ1n) is 10.6. The van der Waals surface area contributed by atoms with Gasteiger partial charge in [-0.15, -0.1) is 11.8 Å². The number of thioether (sulfide) groups is 1. The predicted molar refractivity (Wildman–Crippen MR) is 121 cm³/mol. The van der Waals surface area contributed by atoms with Crippen LogP contribution in [0, 0.1) is 0 Å². The van der Waals surface area contributed by atoms with Crippen LogP contribution in [0.1, 0.15) is 52.5 Å². The Hall–Kier alpha value is -3.06. The fourth-order valence-electron chi connectivity index (χ4n) is 4.26. The van der Waals surface area contributed by atoms with Crippen molar-refractivity contribution in [3.05, 3.63) is 77.1 Å². The average Bonchev–Trinajstić information content (AvgIpc) is 3.09. The Morgan fingerprint density at radius 1 is 1.19 bits per heavy atom. The van der Waals surface area contributed by atoms with Crippen molar-refractivity contribution < 1.29 is 9.59 Å². The summed E-state index contributed by atoms with van der Waals surface area (Å²) < 4.78 is 2.05. The van der Waals surface area contributed by atoms with Gasteiger partial charge in [-0.05, 0) is 43.0 Å². The molecule has 1 aromatic heterocycles. The summed E-state index contributed by atoms with van der Waals surface area (Å²) in [6.45, 7) is 0.735. The molecule has 0 fully saturated rings. The van der Waals surface area contributed by atoms with Crippen LogP contribution in [0.25, 0.3) is 0 Å². The van der Waals surface area contributed by atoms with Gasteiger partial charge in [0, 0.05) is 33.9 Å². The number of carbonyl (C=O) groups excluding carboxylic acids is 2. The predicted octanol–water partition coefficient (Wildman–Crippen LogP) is 4.17. The van der Waals surface area contributed by atoms with Crippen LogP contribution in [-0.2, 0) is 17.8 Å². The molecule has 1 aliphatic carbocycles. The maximum absolute atomic E-state index is 13.0. The molecule has 7 heteroatoms. The Labute approximate surface area is 185 Å². The summed E-state index contributed by atoms with van der Waals surface area (Å²) in [6.07, 6.45) is 5.26. The van der Waals surface area contributed by atoms with Gasteiger partial charge >= 0.3 is 0 Å². The Morgan fingerprint density at radius 2 is 2.06 bits per heavy atom. The van der Waals surface area contributed by atoms with Crippen molar-refractivity contribution in [3.8, 4) is 0 Å². The second kappa shape index (κ2) is 8.59. The summed E-state index contributed by atoms with van der Waals surface area (Å²) in [5, 5.41) is 10.7. The number of nitrogens with one attached hydrogen (secondary N) is 2. The van der Waals surface area contributed by atoms with E-state index >= 15 is 0 Å². The van der Waals surface area contributed by atoms with Crippen molar-refractivity contribution in [3.63, 3.8) is 0 Å². The molecule has 2 N–H and O–H groups in total. The molecule has 2 amide bonds. The van der Waals surface area contributed by atoms with E-state index in [2.05, 4.69) is 32.5 Å². The van der Waals surface area contributed by atoms with Crippen LogP contribution in [0.4, 0.5) is 5.69 Å². The van der Waals surface area contributed by atoms with Gasteiger partial charge in [0.25, 0.3) is 5.91 Å². The topological polar surface area (TPSA) is 76.0 Å². The molecular weight excluding hydrogens is 408 g/mol. The van der Waals surface area contributed by atoms with Gasteiger partial charge in [0.2, 0.25) is 5.91 Å². The monoisotopic (exact) mass is 432 g/mol. The van der Waals surface area contributed by atoms with Crippen LogP contribution < -0.4 is 10.6 Å². The molecule has 1 aliphatic heterocycles. The van der Waals surface area contributed by atoms with E-state index < -0.39 is 0 Å². The minimum atomic E-state index is -0.125. The third kappa shape index (κ3) is 4.23. The Balaban J connectivity index is 1.34. The number of hydrogen-bond donors (Lipinski definition) is 2. The number of anilines is 1. The minimum Gasteiger partial charge on any atom is -0.345 e. The van der Waals surface area contributed by atoms with Crippen LogP contribution in [0.15, 0.2) is 59.6 Å². The standard InChI is InChI=1S/C24H24N4O2S/c29-23-11-12-31-22-10-9-17(13-20(22)26-23)24(30)27-19-7-4-8-21-18(19)14-25-28(21)15-16-5-2-1-3-6-16/h1-3,5-6,9-10,13-14,19H,4,7-8,11-12,15H2,(H,26,29)(H,27,30). The number of hydrogen-bond acceptors (Lipinski definition) is 4. The molecule has 158 valence electrons. The zero-order chi connectivity index (χ0) is 21.2. The number of carbonyl (C=O) groups is 2. The second-order valence-electron chi connectivity index (χ2n) is 7.97. The van der Waals surface area contributed by atoms with E-state index in [-0.39, 0.29) is 17.9 Å². The number of amides is 2. The number of benzene rings is 2. The van der Waals surface area contributed by atoms with Crippen LogP contribution in [0.5, 0.6) is 0 Å². The molecule has 3 aromatic rings. The second-order valence-corrected chi connectivity index (χ2v) is 9.10. The highest BCUT2D eigenvalue weighted by Gasteiger charge is 2.26. The summed E-state index contributed by atoms with van der Waals surface area (Å²) in [5.41, 5.74) is 4.80. The summed E-state index contributed by atoms with van der Waals surface area (Å²) in [6, 6.07) is 15.8. The van der Waals surface area contributed by atoms with Gasteiger partial charge in [-0.25, -0.2) is 0 Å². The molecule has 0 saturated carbocycles. The van der Waals surface area contributed by atoms with E-state index in [0.29, 0.717) is 12.0 Å². The van der Waals surface area contributed by atoms with Gasteiger partial charge in [-0.3, -0.25) is 14.3 Å². The number of nitrogens with zero attached hydrogens (tertiary/aromatic N) is 2. The van der Waals surface area contributed by atoms with E-state index in [1.54, 1.807) is 17.8 Å². The Kier molecular flexibility index (Phi) is 5.51. The summed E-state index contributed by atoms with van der Waals surface area (Å²) in [5.74, 6) is 0.619. The van der Waals surface area contributed by atoms with Gasteiger partial charge in [0.1, 0.15) is 0 Å². The minimum absolute atomic E-state index is 0.00781. The van der Waals surface area contributed by atoms with Crippen LogP contribution in [-0.4, -0.2) is 27.3 Å². The fourth-order valence-corrected chi connectivity index (χ4v) is 5.20. The molecule has 2 aromatic carbocycles. The first kappa shape index (κ1) is 19.9. The molecule has 0 spiro atoms. The first-order valence-corrected chi connectivity index (χ1v) is 11.6. The lowest BCUT2D eigenvalue weighted by molar-refractivity contribution is -0.115. The summed E-state index contributed by atoms with van der Waals surface area (Å²) >= 11 is 1.64. The Bertz CT molecular complexity index is 1130. The lowest BCUT2D eigenvalue weighted by atomic mass is 9.92. The zero-order valence-electron chi connectivity index (χ0n) is 17.1. The van der Waals surface area contributed by atoms with E-state index in [1.165, 1.54) is 11.3 Å². The summed E-state index contributed by atoms with van der Waals surface area (Å²) in [4.78, 5) is 25.9. The molecule has 2 heterocycles. The van der Waals surface area contributed by atoms with Crippen LogP contribution in [0.2, 0.25) is 0 Å². The molecule has 31 heavy (non-hydrogen) atoms. The number of fused-ring (bicyclic) bond motifs is 2. The highest BCUT2D eigenvalue weighted by atomic mass is 32.2. The van der Waals surface area contributed by atoms with Crippen molar-refractivity contribution in [2.45, 2.75) is 43.2 Å². The van der Waals surface area contributed by atoms with Gasteiger partial charge in [-0.1, -0.05) is 30.3 Å².